The fourth-order valence-electron chi connectivity index (χ4n) is 6.82. The summed E-state index contributed by atoms with van der Waals surface area (Å²) in [6.45, 7) is 6.98. The summed E-state index contributed by atoms with van der Waals surface area (Å²) in [5, 5.41) is 18.2. The first kappa shape index (κ1) is 51.6. The van der Waals surface area contributed by atoms with Gasteiger partial charge in [0.2, 0.25) is 0 Å². The number of carboxylic acids is 1. The van der Waals surface area contributed by atoms with Gasteiger partial charge >= 0.3 is 47.8 Å². The van der Waals surface area contributed by atoms with Crippen LogP contribution in [0.2, 0.25) is 0 Å². The Labute approximate surface area is 385 Å². The van der Waals surface area contributed by atoms with E-state index in [2.05, 4.69) is 0 Å². The molecule has 4 aromatic rings. The molecule has 0 aromatic heterocycles. The van der Waals surface area contributed by atoms with Crippen molar-refractivity contribution >= 4 is 47.8 Å². The topological polar surface area (TPSA) is 242 Å². The predicted molar refractivity (Wildman–Crippen MR) is 237 cm³/mol. The zero-order valence-corrected chi connectivity index (χ0v) is 37.4. The van der Waals surface area contributed by atoms with Gasteiger partial charge in [0, 0.05) is 65.5 Å². The van der Waals surface area contributed by atoms with Crippen molar-refractivity contribution in [3.8, 4) is 33.8 Å². The summed E-state index contributed by atoms with van der Waals surface area (Å²) in [6.07, 6.45) is -4.16. The van der Waals surface area contributed by atoms with Gasteiger partial charge in [0.25, 0.3) is 0 Å². The Bertz CT molecular complexity index is 2440. The minimum absolute atomic E-state index is 0.0732. The van der Waals surface area contributed by atoms with E-state index in [1.165, 1.54) is 38.5 Å². The Morgan fingerprint density at radius 2 is 0.776 bits per heavy atom. The molecular weight excluding hydrogens is 873 g/mol. The molecule has 0 amide bonds. The smallest absolute Gasteiger partial charge is 0.339 e. The fraction of sp³-hybridized carbons (Fsp3) is 0.280. The summed E-state index contributed by atoms with van der Waals surface area (Å²) < 4.78 is 36.1. The summed E-state index contributed by atoms with van der Waals surface area (Å²) >= 11 is 0. The molecule has 0 heterocycles. The second kappa shape index (κ2) is 24.8. The summed E-state index contributed by atoms with van der Waals surface area (Å²) in [6, 6.07) is 34.0. The molecule has 2 N–H and O–H groups in total. The maximum Gasteiger partial charge on any atom is 0.339 e. The molecule has 352 valence electrons. The van der Waals surface area contributed by atoms with Crippen molar-refractivity contribution in [2.45, 2.75) is 91.0 Å². The van der Waals surface area contributed by atoms with Crippen LogP contribution in [0.15, 0.2) is 132 Å². The van der Waals surface area contributed by atoms with E-state index in [4.69, 9.17) is 43.4 Å². The first-order valence-electron chi connectivity index (χ1n) is 20.7. The van der Waals surface area contributed by atoms with E-state index in [9.17, 15) is 38.4 Å². The highest BCUT2D eigenvalue weighted by atomic mass is 16.6. The molecule has 0 aliphatic heterocycles. The predicted octanol–water partition coefficient (Wildman–Crippen LogP) is 6.64. The van der Waals surface area contributed by atoms with Crippen LogP contribution in [0.5, 0.6) is 11.5 Å². The number of ether oxygens (including phenoxy) is 7. The van der Waals surface area contributed by atoms with Gasteiger partial charge in [-0.15, -0.1) is 0 Å². The van der Waals surface area contributed by atoms with E-state index in [-0.39, 0.29) is 24.0 Å². The van der Waals surface area contributed by atoms with Gasteiger partial charge in [-0.25, -0.2) is 9.59 Å². The van der Waals surface area contributed by atoms with Gasteiger partial charge in [0.15, 0.2) is 24.4 Å². The average molecular weight is 923 g/mol. The minimum Gasteiger partial charge on any atom is -0.508 e. The first-order chi connectivity index (χ1) is 31.8. The van der Waals surface area contributed by atoms with Crippen molar-refractivity contribution in [3.63, 3.8) is 0 Å². The third kappa shape index (κ3) is 16.8. The molecule has 6 rings (SSSR count). The Balaban J connectivity index is 0.000000244. The number of hydrogen-bond acceptors (Lipinski definition) is 16. The zero-order valence-electron chi connectivity index (χ0n) is 37.4. The largest absolute Gasteiger partial charge is 0.508 e. The van der Waals surface area contributed by atoms with Crippen molar-refractivity contribution in [2.24, 2.45) is 0 Å². The second-order valence-electron chi connectivity index (χ2n) is 14.9. The molecule has 0 saturated heterocycles. The standard InChI is InChI=1S/C25H24O8.C13H16O8.C12H10O/c1-15(26)30-22-13-20(14-23(31-16(2)27)24(22)32-17(3)28)25(29)33-21-11-9-19(10-12-21)18-7-5-4-6-8-18;1-6(14)19-10-4-9(13(17)18)5-11(20-7(2)15)12(10)21-8(3)16;13-12-8-6-11(7-9-12)10-4-2-1-3-5-10/h4-13,22-24H,14H2,1-3H3;4,10-12H,5H2,1-3H3,(H,17,18);1-9,13H/t22-,23-,24-;10-,11-,12-;/m11./s1. The van der Waals surface area contributed by atoms with Gasteiger partial charge in [-0.05, 0) is 58.7 Å². The van der Waals surface area contributed by atoms with Gasteiger partial charge in [-0.2, -0.15) is 0 Å². The summed E-state index contributed by atoms with van der Waals surface area (Å²) in [5.41, 5.74) is 4.32. The molecule has 17 heteroatoms. The average Bonchev–Trinajstić information content (AvgIpc) is 3.26. The molecule has 2 aliphatic rings. The highest BCUT2D eigenvalue weighted by molar-refractivity contribution is 5.91. The number of rotatable bonds is 11. The molecule has 4 aromatic carbocycles. The third-order valence-corrected chi connectivity index (χ3v) is 9.48. The summed E-state index contributed by atoms with van der Waals surface area (Å²) in [7, 11) is 0. The van der Waals surface area contributed by atoms with E-state index in [0.29, 0.717) is 11.5 Å². The lowest BCUT2D eigenvalue weighted by molar-refractivity contribution is -0.180. The molecule has 17 nitrogen and oxygen atoms in total. The van der Waals surface area contributed by atoms with E-state index in [1.54, 1.807) is 24.3 Å². The van der Waals surface area contributed by atoms with E-state index in [0.717, 1.165) is 37.5 Å². The lowest BCUT2D eigenvalue weighted by Crippen LogP contribution is -2.47. The van der Waals surface area contributed by atoms with Gasteiger partial charge in [0.05, 0.1) is 0 Å². The molecule has 0 spiro atoms. The molecule has 0 saturated carbocycles. The van der Waals surface area contributed by atoms with Crippen LogP contribution in [0, 0.1) is 0 Å². The van der Waals surface area contributed by atoms with Crippen molar-refractivity contribution in [1.82, 2.24) is 0 Å². The van der Waals surface area contributed by atoms with E-state index >= 15 is 0 Å². The monoisotopic (exact) mass is 922 g/mol. The first-order valence-corrected chi connectivity index (χ1v) is 20.7. The van der Waals surface area contributed by atoms with Gasteiger partial charge < -0.3 is 43.4 Å². The number of phenols is 1. The van der Waals surface area contributed by atoms with Crippen molar-refractivity contribution in [1.29, 1.82) is 0 Å². The molecule has 0 unspecified atom stereocenters. The van der Waals surface area contributed by atoms with Crippen LogP contribution in [-0.2, 0) is 66.8 Å². The van der Waals surface area contributed by atoms with Gasteiger partial charge in [0.1, 0.15) is 23.7 Å². The number of carbonyl (C=O) groups is 8. The van der Waals surface area contributed by atoms with Crippen LogP contribution < -0.4 is 4.74 Å². The highest BCUT2D eigenvalue weighted by Crippen LogP contribution is 2.30. The molecule has 67 heavy (non-hydrogen) atoms. The summed E-state index contributed by atoms with van der Waals surface area (Å²) in [5.74, 6) is -5.24. The number of carboxylic acid groups (broad SMARTS) is 1. The number of carbonyl (C=O) groups excluding carboxylic acids is 7. The van der Waals surface area contributed by atoms with Crippen molar-refractivity contribution < 1.29 is 81.7 Å². The van der Waals surface area contributed by atoms with Crippen LogP contribution in [0.3, 0.4) is 0 Å². The van der Waals surface area contributed by atoms with Gasteiger partial charge in [-0.3, -0.25) is 28.8 Å². The minimum atomic E-state index is -1.23. The Morgan fingerprint density at radius 1 is 0.433 bits per heavy atom. The number of phenolic OH excluding ortho intramolecular Hbond substituents is 1. The quantitative estimate of drug-likeness (QED) is 0.0910. The second-order valence-corrected chi connectivity index (χ2v) is 14.9. The zero-order chi connectivity index (χ0) is 49.2. The lowest BCUT2D eigenvalue weighted by Gasteiger charge is -2.34. The van der Waals surface area contributed by atoms with Crippen LogP contribution in [-0.4, -0.2) is 94.6 Å². The van der Waals surface area contributed by atoms with Crippen LogP contribution in [0.4, 0.5) is 0 Å². The maximum absolute atomic E-state index is 12.8. The molecule has 0 radical (unpaired) electrons. The maximum atomic E-state index is 12.8. The molecular formula is C50H50O17. The van der Waals surface area contributed by atoms with E-state index in [1.807, 2.05) is 84.9 Å². The fourth-order valence-corrected chi connectivity index (χ4v) is 6.82. The number of benzene rings is 4. The Hall–Kier alpha value is -8.08. The SMILES string of the molecule is CC(=O)O[C@@H]1[C@H](OC(C)=O)C=C(C(=O)O)C[C@H]1OC(C)=O.CC(=O)O[C@@H]1[C@H](OC(C)=O)C=C(C(=O)Oc2ccc(-c3ccccc3)cc2)C[C@H]1OC(C)=O.Oc1ccc(-c2ccccc2)cc1. The Morgan fingerprint density at radius 3 is 1.15 bits per heavy atom. The van der Waals surface area contributed by atoms with Crippen LogP contribution in [0.1, 0.15) is 54.4 Å². The lowest BCUT2D eigenvalue weighted by atomic mass is 9.91. The van der Waals surface area contributed by atoms with Gasteiger partial charge in [-0.1, -0.05) is 84.9 Å². The molecule has 2 aliphatic carbocycles. The number of esters is 7. The van der Waals surface area contributed by atoms with Crippen LogP contribution in [0.25, 0.3) is 22.3 Å². The molecule has 6 atom stereocenters. The molecule has 0 bridgehead atoms. The van der Waals surface area contributed by atoms with Crippen molar-refractivity contribution in [2.75, 3.05) is 0 Å². The molecule has 0 fully saturated rings. The number of aliphatic carboxylic acids is 1. The number of hydrogen-bond donors (Lipinski definition) is 2. The number of aromatic hydroxyl groups is 1. The normalized spacial score (nSPS) is 19.3. The van der Waals surface area contributed by atoms with Crippen LogP contribution >= 0.6 is 0 Å². The Kier molecular flexibility index (Phi) is 19.1. The highest BCUT2D eigenvalue weighted by Gasteiger charge is 2.43. The van der Waals surface area contributed by atoms with Crippen molar-refractivity contribution in [3.05, 3.63) is 132 Å². The van der Waals surface area contributed by atoms with E-state index < -0.39 is 84.4 Å². The third-order valence-electron chi connectivity index (χ3n) is 9.48. The summed E-state index contributed by atoms with van der Waals surface area (Å²) in [4.78, 5) is 92.0.